The van der Waals surface area contributed by atoms with Crippen LogP contribution in [0.5, 0.6) is 0 Å². The van der Waals surface area contributed by atoms with Crippen LogP contribution in [-0.2, 0) is 21.2 Å². The van der Waals surface area contributed by atoms with Crippen molar-refractivity contribution in [1.29, 1.82) is 0 Å². The lowest BCUT2D eigenvalue weighted by molar-refractivity contribution is -0.118. The summed E-state index contributed by atoms with van der Waals surface area (Å²) in [6.45, 7) is 6.40. The van der Waals surface area contributed by atoms with Crippen LogP contribution in [0.1, 0.15) is 49.4 Å². The van der Waals surface area contributed by atoms with Crippen LogP contribution in [0.4, 0.5) is 5.69 Å². The van der Waals surface area contributed by atoms with E-state index < -0.39 is 10.0 Å². The number of anilines is 1. The number of hydrogen-bond acceptors (Lipinski definition) is 3. The summed E-state index contributed by atoms with van der Waals surface area (Å²) in [5.41, 5.74) is 3.79. The number of aryl methyl sites for hydroxylation is 1. The number of amides is 1. The van der Waals surface area contributed by atoms with E-state index in [2.05, 4.69) is 4.72 Å². The zero-order valence-corrected chi connectivity index (χ0v) is 16.8. The zero-order valence-electron chi connectivity index (χ0n) is 16.0. The Balaban J connectivity index is 1.88. The fraction of sp³-hybridized carbons (Fsp3) is 0.381. The highest BCUT2D eigenvalue weighted by Gasteiger charge is 2.27. The number of carbonyl (C=O) groups is 1. The normalized spacial score (nSPS) is 14.9. The molecule has 2 aromatic carbocycles. The molecule has 1 aliphatic heterocycles. The molecule has 1 heterocycles. The molecule has 0 saturated carbocycles. The number of benzene rings is 2. The molecular formula is C21H26N2O3S. The van der Waals surface area contributed by atoms with E-state index in [0.29, 0.717) is 25.8 Å². The maximum Gasteiger partial charge on any atom is 0.241 e. The summed E-state index contributed by atoms with van der Waals surface area (Å²) < 4.78 is 28.8. The minimum absolute atomic E-state index is 0.0630. The van der Waals surface area contributed by atoms with Crippen molar-refractivity contribution < 1.29 is 13.2 Å². The van der Waals surface area contributed by atoms with Crippen molar-refractivity contribution >= 4 is 21.6 Å². The molecule has 2 aromatic rings. The number of fused-ring (bicyclic) bond motifs is 1. The van der Waals surface area contributed by atoms with Gasteiger partial charge in [-0.1, -0.05) is 38.1 Å². The maximum atomic E-state index is 13.0. The first-order valence-corrected chi connectivity index (χ1v) is 10.9. The SMILES string of the molecule is CCC(=O)N1CCc2cc(S(=O)(=O)NC(CC)c3ccccc3C)ccc21. The highest BCUT2D eigenvalue weighted by molar-refractivity contribution is 7.89. The Bertz CT molecular complexity index is 954. The van der Waals surface area contributed by atoms with E-state index in [-0.39, 0.29) is 16.8 Å². The molecule has 3 rings (SSSR count). The molecule has 27 heavy (non-hydrogen) atoms. The first kappa shape index (κ1) is 19.6. The number of carbonyl (C=O) groups excluding carboxylic acids is 1. The lowest BCUT2D eigenvalue weighted by atomic mass is 10.0. The van der Waals surface area contributed by atoms with Gasteiger partial charge < -0.3 is 4.90 Å². The van der Waals surface area contributed by atoms with Gasteiger partial charge in [0.1, 0.15) is 0 Å². The van der Waals surface area contributed by atoms with E-state index >= 15 is 0 Å². The Labute approximate surface area is 161 Å². The van der Waals surface area contributed by atoms with Gasteiger partial charge in [-0.2, -0.15) is 0 Å². The summed E-state index contributed by atoms with van der Waals surface area (Å²) >= 11 is 0. The summed E-state index contributed by atoms with van der Waals surface area (Å²) in [4.78, 5) is 14.0. The molecule has 1 atom stereocenters. The Hall–Kier alpha value is -2.18. The van der Waals surface area contributed by atoms with Gasteiger partial charge in [-0.3, -0.25) is 4.79 Å². The quantitative estimate of drug-likeness (QED) is 0.823. The summed E-state index contributed by atoms with van der Waals surface area (Å²) in [5.74, 6) is 0.0630. The van der Waals surface area contributed by atoms with E-state index in [4.69, 9.17) is 0 Å². The lowest BCUT2D eigenvalue weighted by Crippen LogP contribution is -2.29. The van der Waals surface area contributed by atoms with E-state index in [1.54, 1.807) is 23.1 Å². The largest absolute Gasteiger partial charge is 0.312 e. The van der Waals surface area contributed by atoms with Gasteiger partial charge in [-0.15, -0.1) is 0 Å². The average molecular weight is 387 g/mol. The Morgan fingerprint density at radius 2 is 1.93 bits per heavy atom. The maximum absolute atomic E-state index is 13.0. The van der Waals surface area contributed by atoms with Gasteiger partial charge >= 0.3 is 0 Å². The van der Waals surface area contributed by atoms with Crippen molar-refractivity contribution in [1.82, 2.24) is 4.72 Å². The van der Waals surface area contributed by atoms with Crippen molar-refractivity contribution in [3.63, 3.8) is 0 Å². The Morgan fingerprint density at radius 1 is 1.19 bits per heavy atom. The van der Waals surface area contributed by atoms with Crippen molar-refractivity contribution in [3.05, 3.63) is 59.2 Å². The number of nitrogens with one attached hydrogen (secondary N) is 1. The van der Waals surface area contributed by atoms with Crippen molar-refractivity contribution in [2.75, 3.05) is 11.4 Å². The first-order valence-electron chi connectivity index (χ1n) is 9.38. The third kappa shape index (κ3) is 3.92. The van der Waals surface area contributed by atoms with Crippen LogP contribution in [0.3, 0.4) is 0 Å². The molecule has 0 bridgehead atoms. The fourth-order valence-corrected chi connectivity index (χ4v) is 4.94. The van der Waals surface area contributed by atoms with E-state index in [0.717, 1.165) is 22.4 Å². The molecule has 0 aliphatic carbocycles. The van der Waals surface area contributed by atoms with Gasteiger partial charge in [-0.05, 0) is 54.7 Å². The van der Waals surface area contributed by atoms with E-state index in [1.807, 2.05) is 45.0 Å². The molecule has 5 nitrogen and oxygen atoms in total. The molecule has 0 aromatic heterocycles. The molecule has 1 aliphatic rings. The number of hydrogen-bond donors (Lipinski definition) is 1. The fourth-order valence-electron chi connectivity index (χ4n) is 3.60. The minimum atomic E-state index is -3.65. The predicted molar refractivity (Wildman–Crippen MR) is 107 cm³/mol. The Kier molecular flexibility index (Phi) is 5.67. The van der Waals surface area contributed by atoms with Crippen LogP contribution in [0.2, 0.25) is 0 Å². The zero-order chi connectivity index (χ0) is 19.6. The molecule has 0 saturated heterocycles. The smallest absolute Gasteiger partial charge is 0.241 e. The third-order valence-electron chi connectivity index (χ3n) is 5.13. The lowest BCUT2D eigenvalue weighted by Gasteiger charge is -2.20. The van der Waals surface area contributed by atoms with Gasteiger partial charge in [0.2, 0.25) is 15.9 Å². The highest BCUT2D eigenvalue weighted by Crippen LogP contribution is 2.31. The summed E-state index contributed by atoms with van der Waals surface area (Å²) in [6.07, 6.45) is 1.78. The predicted octanol–water partition coefficient (Wildman–Crippen LogP) is 3.72. The van der Waals surface area contributed by atoms with E-state index in [1.165, 1.54) is 0 Å². The summed E-state index contributed by atoms with van der Waals surface area (Å²) in [7, 11) is -3.65. The molecule has 144 valence electrons. The topological polar surface area (TPSA) is 66.5 Å². The summed E-state index contributed by atoms with van der Waals surface area (Å²) in [5, 5.41) is 0. The van der Waals surface area contributed by atoms with Gasteiger partial charge in [0.05, 0.1) is 4.90 Å². The summed E-state index contributed by atoms with van der Waals surface area (Å²) in [6, 6.07) is 12.6. The van der Waals surface area contributed by atoms with E-state index in [9.17, 15) is 13.2 Å². The second-order valence-corrected chi connectivity index (χ2v) is 8.59. The molecular weight excluding hydrogens is 360 g/mol. The molecule has 0 fully saturated rings. The molecule has 1 unspecified atom stereocenters. The monoisotopic (exact) mass is 386 g/mol. The third-order valence-corrected chi connectivity index (χ3v) is 6.60. The average Bonchev–Trinajstić information content (AvgIpc) is 3.09. The van der Waals surface area contributed by atoms with Crippen LogP contribution in [0.15, 0.2) is 47.4 Å². The van der Waals surface area contributed by atoms with Crippen molar-refractivity contribution in [2.24, 2.45) is 0 Å². The van der Waals surface area contributed by atoms with Crippen LogP contribution in [0.25, 0.3) is 0 Å². The van der Waals surface area contributed by atoms with Gasteiger partial charge in [0.25, 0.3) is 0 Å². The van der Waals surface area contributed by atoms with Gasteiger partial charge in [0.15, 0.2) is 0 Å². The van der Waals surface area contributed by atoms with Gasteiger partial charge in [0, 0.05) is 24.7 Å². The standard InChI is InChI=1S/C21H26N2O3S/c1-4-19(18-9-7-6-8-15(18)3)22-27(25,26)17-10-11-20-16(14-17)12-13-23(20)21(24)5-2/h6-11,14,19,22H,4-5,12-13H2,1-3H3. The minimum Gasteiger partial charge on any atom is -0.312 e. The molecule has 0 radical (unpaired) electrons. The van der Waals surface area contributed by atoms with Gasteiger partial charge in [-0.25, -0.2) is 13.1 Å². The number of nitrogens with zero attached hydrogens (tertiary/aromatic N) is 1. The second-order valence-electron chi connectivity index (χ2n) is 6.88. The molecule has 0 spiro atoms. The second kappa shape index (κ2) is 7.82. The number of rotatable bonds is 6. The molecule has 1 N–H and O–H groups in total. The first-order chi connectivity index (χ1) is 12.9. The van der Waals surface area contributed by atoms with Crippen LogP contribution in [-0.4, -0.2) is 20.9 Å². The Morgan fingerprint density at radius 3 is 2.59 bits per heavy atom. The van der Waals surface area contributed by atoms with Crippen molar-refractivity contribution in [3.8, 4) is 0 Å². The van der Waals surface area contributed by atoms with Crippen molar-refractivity contribution in [2.45, 2.75) is 51.0 Å². The number of sulfonamides is 1. The molecule has 1 amide bonds. The van der Waals surface area contributed by atoms with Crippen LogP contribution < -0.4 is 9.62 Å². The van der Waals surface area contributed by atoms with Crippen LogP contribution in [0, 0.1) is 6.92 Å². The highest BCUT2D eigenvalue weighted by atomic mass is 32.2. The van der Waals surface area contributed by atoms with Crippen LogP contribution >= 0.6 is 0 Å². The molecule has 6 heteroatoms.